The summed E-state index contributed by atoms with van der Waals surface area (Å²) in [6.07, 6.45) is 0.298. The first-order valence-electron chi connectivity index (χ1n) is 6.61. The second-order valence-electron chi connectivity index (χ2n) is 5.05. The lowest BCUT2D eigenvalue weighted by molar-refractivity contribution is 0.118. The summed E-state index contributed by atoms with van der Waals surface area (Å²) >= 11 is 0. The third-order valence-corrected chi connectivity index (χ3v) is 3.43. The Bertz CT molecular complexity index is 375. The third-order valence-electron chi connectivity index (χ3n) is 3.43. The Hall–Kier alpha value is -0.900. The highest BCUT2D eigenvalue weighted by Gasteiger charge is 2.20. The molecule has 0 saturated carbocycles. The predicted molar refractivity (Wildman–Crippen MR) is 74.6 cm³/mol. The van der Waals surface area contributed by atoms with Crippen molar-refractivity contribution < 1.29 is 10.2 Å². The smallest absolute Gasteiger partial charge is 0.0942 e. The zero-order chi connectivity index (χ0) is 13.7. The molecule has 0 radical (unpaired) electrons. The van der Waals surface area contributed by atoms with Crippen LogP contribution in [0.4, 0.5) is 0 Å². The van der Waals surface area contributed by atoms with E-state index < -0.39 is 6.10 Å². The van der Waals surface area contributed by atoms with Gasteiger partial charge in [0.25, 0.3) is 0 Å². The van der Waals surface area contributed by atoms with Gasteiger partial charge in [0.15, 0.2) is 0 Å². The minimum atomic E-state index is -0.550. The molecule has 3 heteroatoms. The van der Waals surface area contributed by atoms with Crippen LogP contribution in [0.1, 0.15) is 43.1 Å². The van der Waals surface area contributed by atoms with Gasteiger partial charge in [0.1, 0.15) is 0 Å². The van der Waals surface area contributed by atoms with Crippen molar-refractivity contribution in [3.8, 4) is 0 Å². The molecule has 0 bridgehead atoms. The van der Waals surface area contributed by atoms with Crippen LogP contribution in [-0.2, 0) is 0 Å². The predicted octanol–water partition coefficient (Wildman–Crippen LogP) is 2.09. The summed E-state index contributed by atoms with van der Waals surface area (Å²) in [6, 6.07) is 6.04. The van der Waals surface area contributed by atoms with Crippen molar-refractivity contribution >= 4 is 0 Å². The van der Waals surface area contributed by atoms with Gasteiger partial charge < -0.3 is 15.5 Å². The highest BCUT2D eigenvalue weighted by Crippen LogP contribution is 2.22. The molecule has 1 aromatic carbocycles. The molecule has 1 aromatic rings. The first-order chi connectivity index (χ1) is 8.49. The highest BCUT2D eigenvalue weighted by molar-refractivity contribution is 5.32. The minimum Gasteiger partial charge on any atom is -0.395 e. The van der Waals surface area contributed by atoms with Gasteiger partial charge in [0.05, 0.1) is 12.7 Å². The fourth-order valence-electron chi connectivity index (χ4n) is 2.19. The summed E-state index contributed by atoms with van der Waals surface area (Å²) in [5.74, 6) is 0. The van der Waals surface area contributed by atoms with Crippen LogP contribution >= 0.6 is 0 Å². The van der Waals surface area contributed by atoms with Gasteiger partial charge >= 0.3 is 0 Å². The molecule has 0 spiro atoms. The zero-order valence-corrected chi connectivity index (χ0v) is 11.8. The maximum atomic E-state index is 10.4. The van der Waals surface area contributed by atoms with Gasteiger partial charge in [-0.2, -0.15) is 0 Å². The second kappa shape index (κ2) is 6.88. The standard InChI is InChI=1S/C15H25NO2/c1-5-13(9-17)16-12(4)15(18)14-7-6-10(2)8-11(14)3/h6-8,12-13,15-18H,5,9H2,1-4H3. The molecule has 0 heterocycles. The molecule has 0 aliphatic heterocycles. The van der Waals surface area contributed by atoms with E-state index in [-0.39, 0.29) is 18.7 Å². The second-order valence-corrected chi connectivity index (χ2v) is 5.05. The molecule has 0 amide bonds. The average Bonchev–Trinajstić information content (AvgIpc) is 2.34. The number of aryl methyl sites for hydroxylation is 2. The Kier molecular flexibility index (Phi) is 5.79. The molecule has 3 nitrogen and oxygen atoms in total. The van der Waals surface area contributed by atoms with E-state index in [0.29, 0.717) is 0 Å². The Morgan fingerprint density at radius 1 is 1.28 bits per heavy atom. The number of benzene rings is 1. The molecule has 0 saturated heterocycles. The van der Waals surface area contributed by atoms with Gasteiger partial charge in [-0.05, 0) is 38.3 Å². The summed E-state index contributed by atoms with van der Waals surface area (Å²) in [4.78, 5) is 0. The fraction of sp³-hybridized carbons (Fsp3) is 0.600. The van der Waals surface area contributed by atoms with E-state index in [1.54, 1.807) is 0 Å². The Labute approximate surface area is 110 Å². The lowest BCUT2D eigenvalue weighted by Gasteiger charge is -2.26. The number of nitrogens with one attached hydrogen (secondary N) is 1. The van der Waals surface area contributed by atoms with Gasteiger partial charge in [-0.25, -0.2) is 0 Å². The van der Waals surface area contributed by atoms with E-state index in [0.717, 1.165) is 17.5 Å². The third kappa shape index (κ3) is 3.80. The van der Waals surface area contributed by atoms with E-state index in [4.69, 9.17) is 0 Å². The molecule has 18 heavy (non-hydrogen) atoms. The fourth-order valence-corrected chi connectivity index (χ4v) is 2.19. The van der Waals surface area contributed by atoms with Gasteiger partial charge in [0.2, 0.25) is 0 Å². The monoisotopic (exact) mass is 251 g/mol. The van der Waals surface area contributed by atoms with Crippen LogP contribution < -0.4 is 5.32 Å². The van der Waals surface area contributed by atoms with Gasteiger partial charge in [-0.15, -0.1) is 0 Å². The first-order valence-corrected chi connectivity index (χ1v) is 6.61. The summed E-state index contributed by atoms with van der Waals surface area (Å²) < 4.78 is 0. The van der Waals surface area contributed by atoms with E-state index >= 15 is 0 Å². The molecule has 0 aliphatic carbocycles. The molecule has 102 valence electrons. The SMILES string of the molecule is CCC(CO)NC(C)C(O)c1ccc(C)cc1C. The quantitative estimate of drug-likeness (QED) is 0.725. The van der Waals surface area contributed by atoms with Gasteiger partial charge in [0, 0.05) is 12.1 Å². The van der Waals surface area contributed by atoms with Crippen molar-refractivity contribution in [3.05, 3.63) is 34.9 Å². The van der Waals surface area contributed by atoms with Gasteiger partial charge in [-0.3, -0.25) is 0 Å². The van der Waals surface area contributed by atoms with Crippen molar-refractivity contribution in [3.63, 3.8) is 0 Å². The van der Waals surface area contributed by atoms with E-state index in [1.165, 1.54) is 5.56 Å². The number of aliphatic hydroxyl groups excluding tert-OH is 2. The number of hydrogen-bond acceptors (Lipinski definition) is 3. The van der Waals surface area contributed by atoms with Crippen LogP contribution in [0.3, 0.4) is 0 Å². The molecule has 3 unspecified atom stereocenters. The summed E-state index contributed by atoms with van der Waals surface area (Å²) in [7, 11) is 0. The Balaban J connectivity index is 2.76. The van der Waals surface area contributed by atoms with E-state index in [2.05, 4.69) is 11.4 Å². The van der Waals surface area contributed by atoms with Crippen LogP contribution in [0.2, 0.25) is 0 Å². The largest absolute Gasteiger partial charge is 0.395 e. The lowest BCUT2D eigenvalue weighted by Crippen LogP contribution is -2.41. The first kappa shape index (κ1) is 15.2. The normalized spacial score (nSPS) is 16.3. The van der Waals surface area contributed by atoms with Crippen molar-refractivity contribution in [2.75, 3.05) is 6.61 Å². The van der Waals surface area contributed by atoms with E-state index in [1.807, 2.05) is 39.8 Å². The molecular formula is C15H25NO2. The van der Waals surface area contributed by atoms with Crippen LogP contribution in [0.25, 0.3) is 0 Å². The van der Waals surface area contributed by atoms with Crippen LogP contribution in [0, 0.1) is 13.8 Å². The number of rotatable bonds is 6. The van der Waals surface area contributed by atoms with Crippen molar-refractivity contribution in [2.24, 2.45) is 0 Å². The summed E-state index contributed by atoms with van der Waals surface area (Å²) in [6.45, 7) is 8.12. The van der Waals surface area contributed by atoms with Crippen LogP contribution in [0.15, 0.2) is 18.2 Å². The van der Waals surface area contributed by atoms with Crippen LogP contribution in [0.5, 0.6) is 0 Å². The highest BCUT2D eigenvalue weighted by atomic mass is 16.3. The maximum Gasteiger partial charge on any atom is 0.0942 e. The molecule has 0 fully saturated rings. The number of hydrogen-bond donors (Lipinski definition) is 3. The molecule has 3 atom stereocenters. The molecular weight excluding hydrogens is 226 g/mol. The van der Waals surface area contributed by atoms with Crippen LogP contribution in [-0.4, -0.2) is 28.9 Å². The Morgan fingerprint density at radius 3 is 2.44 bits per heavy atom. The average molecular weight is 251 g/mol. The molecule has 3 N–H and O–H groups in total. The topological polar surface area (TPSA) is 52.5 Å². The summed E-state index contributed by atoms with van der Waals surface area (Å²) in [5, 5.41) is 22.8. The minimum absolute atomic E-state index is 0.0420. The Morgan fingerprint density at radius 2 is 1.94 bits per heavy atom. The van der Waals surface area contributed by atoms with Crippen molar-refractivity contribution in [1.29, 1.82) is 0 Å². The maximum absolute atomic E-state index is 10.4. The molecule has 0 aromatic heterocycles. The van der Waals surface area contributed by atoms with Crippen molar-refractivity contribution in [1.82, 2.24) is 5.32 Å². The lowest BCUT2D eigenvalue weighted by atomic mass is 9.96. The summed E-state index contributed by atoms with van der Waals surface area (Å²) in [5.41, 5.74) is 3.26. The number of aliphatic hydroxyl groups is 2. The molecule has 0 aliphatic rings. The molecule has 1 rings (SSSR count). The van der Waals surface area contributed by atoms with E-state index in [9.17, 15) is 10.2 Å². The zero-order valence-electron chi connectivity index (χ0n) is 11.8. The van der Waals surface area contributed by atoms with Crippen molar-refractivity contribution in [2.45, 2.75) is 52.3 Å². The van der Waals surface area contributed by atoms with Gasteiger partial charge in [-0.1, -0.05) is 30.7 Å².